The summed E-state index contributed by atoms with van der Waals surface area (Å²) in [5.74, 6) is -2.64. The lowest BCUT2D eigenvalue weighted by Crippen LogP contribution is -2.27. The van der Waals surface area contributed by atoms with E-state index >= 15 is 0 Å². The van der Waals surface area contributed by atoms with E-state index in [0.29, 0.717) is 0 Å². The molecule has 0 aromatic heterocycles. The normalized spacial score (nSPS) is 19.1. The minimum Gasteiger partial charge on any atom is -0.396 e. The Labute approximate surface area is 102 Å². The molecule has 1 saturated heterocycles. The fraction of sp³-hybridized carbons (Fsp3) is 0.333. The van der Waals surface area contributed by atoms with Gasteiger partial charge < -0.3 is 10.0 Å². The molecule has 1 aliphatic rings. The quantitative estimate of drug-likeness (QED) is 0.859. The summed E-state index contributed by atoms with van der Waals surface area (Å²) in [5, 5.41) is 17.5. The summed E-state index contributed by atoms with van der Waals surface area (Å²) in [4.78, 5) is 12.6. The topological polar surface area (TPSA) is 64.3 Å². The number of hydrogen-bond acceptors (Lipinski definition) is 3. The molecule has 0 saturated carbocycles. The predicted octanol–water partition coefficient (Wildman–Crippen LogP) is 1.18. The number of nitriles is 1. The van der Waals surface area contributed by atoms with Gasteiger partial charge in [-0.15, -0.1) is 0 Å². The van der Waals surface area contributed by atoms with Crippen LogP contribution in [0.15, 0.2) is 12.1 Å². The number of hydrogen-bond donors (Lipinski definition) is 1. The summed E-state index contributed by atoms with van der Waals surface area (Å²) in [6.45, 7) is -0.128. The highest BCUT2D eigenvalue weighted by atomic mass is 19.1. The Hall–Kier alpha value is -2.00. The van der Waals surface area contributed by atoms with Gasteiger partial charge in [-0.05, 0) is 12.1 Å². The third-order valence-corrected chi connectivity index (χ3v) is 2.88. The molecule has 6 heteroatoms. The van der Waals surface area contributed by atoms with Gasteiger partial charge in [0, 0.05) is 25.5 Å². The average molecular weight is 252 g/mol. The van der Waals surface area contributed by atoms with Gasteiger partial charge in [0.1, 0.15) is 5.69 Å². The van der Waals surface area contributed by atoms with Crippen molar-refractivity contribution in [2.45, 2.75) is 6.42 Å². The van der Waals surface area contributed by atoms with E-state index in [0.717, 1.165) is 17.0 Å². The average Bonchev–Trinajstić information content (AvgIpc) is 2.70. The molecule has 1 unspecified atom stereocenters. The van der Waals surface area contributed by atoms with Crippen LogP contribution in [0.4, 0.5) is 14.5 Å². The Kier molecular flexibility index (Phi) is 3.26. The fourth-order valence-electron chi connectivity index (χ4n) is 2.01. The molecule has 0 spiro atoms. The van der Waals surface area contributed by atoms with Gasteiger partial charge in [0.25, 0.3) is 0 Å². The second-order valence-corrected chi connectivity index (χ2v) is 4.16. The van der Waals surface area contributed by atoms with E-state index < -0.39 is 23.2 Å². The van der Waals surface area contributed by atoms with Crippen molar-refractivity contribution in [3.63, 3.8) is 0 Å². The number of nitrogens with zero attached hydrogens (tertiary/aromatic N) is 2. The third-order valence-electron chi connectivity index (χ3n) is 2.88. The third kappa shape index (κ3) is 2.05. The van der Waals surface area contributed by atoms with Crippen molar-refractivity contribution in [3.05, 3.63) is 29.3 Å². The molecule has 2 rings (SSSR count). The van der Waals surface area contributed by atoms with E-state index in [-0.39, 0.29) is 31.1 Å². The van der Waals surface area contributed by atoms with Crippen LogP contribution in [0, 0.1) is 28.9 Å². The summed E-state index contributed by atoms with van der Waals surface area (Å²) >= 11 is 0. The molecule has 1 amide bonds. The first-order valence-electron chi connectivity index (χ1n) is 5.37. The number of amides is 1. The monoisotopic (exact) mass is 252 g/mol. The van der Waals surface area contributed by atoms with Crippen LogP contribution in [-0.4, -0.2) is 24.2 Å². The number of aliphatic hydroxyl groups is 1. The van der Waals surface area contributed by atoms with Crippen molar-refractivity contribution in [1.82, 2.24) is 0 Å². The second-order valence-electron chi connectivity index (χ2n) is 4.16. The number of carbonyl (C=O) groups is 1. The first kappa shape index (κ1) is 12.5. The lowest BCUT2D eigenvalue weighted by Gasteiger charge is -2.18. The molecular weight excluding hydrogens is 242 g/mol. The Morgan fingerprint density at radius 1 is 1.44 bits per heavy atom. The van der Waals surface area contributed by atoms with E-state index in [4.69, 9.17) is 10.4 Å². The highest BCUT2D eigenvalue weighted by Crippen LogP contribution is 2.30. The maximum atomic E-state index is 13.7. The fourth-order valence-corrected chi connectivity index (χ4v) is 2.01. The summed E-state index contributed by atoms with van der Waals surface area (Å²) in [7, 11) is 0. The molecule has 0 radical (unpaired) electrons. The van der Waals surface area contributed by atoms with Crippen LogP contribution in [0.3, 0.4) is 0 Å². The van der Waals surface area contributed by atoms with E-state index in [2.05, 4.69) is 0 Å². The molecule has 0 bridgehead atoms. The van der Waals surface area contributed by atoms with Crippen molar-refractivity contribution >= 4 is 11.6 Å². The van der Waals surface area contributed by atoms with Crippen LogP contribution in [0.2, 0.25) is 0 Å². The highest BCUT2D eigenvalue weighted by Gasteiger charge is 2.33. The minimum absolute atomic E-state index is 0.0649. The number of anilines is 1. The maximum absolute atomic E-state index is 13.7. The largest absolute Gasteiger partial charge is 0.396 e. The number of halogens is 2. The zero-order chi connectivity index (χ0) is 13.3. The summed E-state index contributed by atoms with van der Waals surface area (Å²) in [6.07, 6.45) is 0.0649. The number of rotatable bonds is 2. The SMILES string of the molecule is N#Cc1cc(F)c(N2CC(CO)CC2=O)c(F)c1. The maximum Gasteiger partial charge on any atom is 0.227 e. The second kappa shape index (κ2) is 4.70. The van der Waals surface area contributed by atoms with E-state index in [9.17, 15) is 13.6 Å². The van der Waals surface area contributed by atoms with Crippen LogP contribution in [0.1, 0.15) is 12.0 Å². The van der Waals surface area contributed by atoms with Gasteiger partial charge in [0.05, 0.1) is 11.6 Å². The first-order valence-corrected chi connectivity index (χ1v) is 5.37. The smallest absolute Gasteiger partial charge is 0.227 e. The van der Waals surface area contributed by atoms with Gasteiger partial charge in [-0.2, -0.15) is 5.26 Å². The summed E-state index contributed by atoms with van der Waals surface area (Å²) < 4.78 is 27.4. The van der Waals surface area contributed by atoms with Crippen molar-refractivity contribution in [1.29, 1.82) is 5.26 Å². The zero-order valence-corrected chi connectivity index (χ0v) is 9.36. The first-order chi connectivity index (χ1) is 8.56. The Balaban J connectivity index is 2.41. The van der Waals surface area contributed by atoms with Crippen molar-refractivity contribution in [2.75, 3.05) is 18.1 Å². The van der Waals surface area contributed by atoms with Gasteiger partial charge in [-0.25, -0.2) is 8.78 Å². The van der Waals surface area contributed by atoms with Crippen molar-refractivity contribution in [3.8, 4) is 6.07 Å². The van der Waals surface area contributed by atoms with Crippen LogP contribution in [0.5, 0.6) is 0 Å². The lowest BCUT2D eigenvalue weighted by molar-refractivity contribution is -0.117. The Morgan fingerprint density at radius 3 is 2.50 bits per heavy atom. The highest BCUT2D eigenvalue weighted by molar-refractivity contribution is 5.96. The molecular formula is C12H10F2N2O2. The Morgan fingerprint density at radius 2 is 2.06 bits per heavy atom. The minimum atomic E-state index is -0.946. The summed E-state index contributed by atoms with van der Waals surface area (Å²) in [6, 6.07) is 3.41. The molecule has 0 aliphatic carbocycles. The van der Waals surface area contributed by atoms with Crippen LogP contribution >= 0.6 is 0 Å². The molecule has 1 aromatic carbocycles. The molecule has 94 valence electrons. The van der Waals surface area contributed by atoms with Gasteiger partial charge in [-0.1, -0.05) is 0 Å². The molecule has 1 aromatic rings. The number of carbonyl (C=O) groups excluding carboxylic acids is 1. The van der Waals surface area contributed by atoms with Gasteiger partial charge in [0.15, 0.2) is 11.6 Å². The van der Waals surface area contributed by atoms with Gasteiger partial charge in [-0.3, -0.25) is 4.79 Å². The molecule has 4 nitrogen and oxygen atoms in total. The molecule has 1 aliphatic heterocycles. The lowest BCUT2D eigenvalue weighted by atomic mass is 10.1. The van der Waals surface area contributed by atoms with Gasteiger partial charge >= 0.3 is 0 Å². The van der Waals surface area contributed by atoms with Gasteiger partial charge in [0.2, 0.25) is 5.91 Å². The number of aliphatic hydroxyl groups excluding tert-OH is 1. The van der Waals surface area contributed by atoms with E-state index in [1.807, 2.05) is 0 Å². The zero-order valence-electron chi connectivity index (χ0n) is 9.36. The van der Waals surface area contributed by atoms with Crippen LogP contribution in [-0.2, 0) is 4.79 Å². The summed E-state index contributed by atoms with van der Waals surface area (Å²) in [5.41, 5.74) is -0.589. The molecule has 1 atom stereocenters. The predicted molar refractivity (Wildman–Crippen MR) is 58.6 cm³/mol. The standard InChI is InChI=1S/C12H10F2N2O2/c13-9-1-7(4-15)2-10(14)12(9)16-5-8(6-17)3-11(16)18/h1-2,8,17H,3,5-6H2. The Bertz CT molecular complexity index is 516. The molecule has 1 fully saturated rings. The molecule has 18 heavy (non-hydrogen) atoms. The molecule has 1 N–H and O–H groups in total. The number of benzene rings is 1. The van der Waals surface area contributed by atoms with Crippen molar-refractivity contribution in [2.24, 2.45) is 5.92 Å². The van der Waals surface area contributed by atoms with E-state index in [1.54, 1.807) is 6.07 Å². The van der Waals surface area contributed by atoms with Crippen LogP contribution in [0.25, 0.3) is 0 Å². The van der Waals surface area contributed by atoms with E-state index in [1.165, 1.54) is 0 Å². The molecule has 1 heterocycles. The van der Waals surface area contributed by atoms with Crippen molar-refractivity contribution < 1.29 is 18.7 Å². The van der Waals surface area contributed by atoms with Crippen LogP contribution < -0.4 is 4.90 Å².